The van der Waals surface area contributed by atoms with Gasteiger partial charge < -0.3 is 15.2 Å². The summed E-state index contributed by atoms with van der Waals surface area (Å²) < 4.78 is 5.12. The number of methoxy groups -OCH3 is 1. The SMILES string of the molecule is COc1cccc(CCC(=O)NC(C(=O)O)C(C)(C)C)c1. The molecule has 0 saturated carbocycles. The molecule has 5 nitrogen and oxygen atoms in total. The van der Waals surface area contributed by atoms with E-state index in [-0.39, 0.29) is 12.3 Å². The lowest BCUT2D eigenvalue weighted by atomic mass is 9.86. The third kappa shape index (κ3) is 5.45. The Kier molecular flexibility index (Phi) is 5.76. The van der Waals surface area contributed by atoms with Gasteiger partial charge in [-0.2, -0.15) is 0 Å². The molecule has 21 heavy (non-hydrogen) atoms. The molecule has 0 aliphatic carbocycles. The zero-order valence-corrected chi connectivity index (χ0v) is 13.0. The van der Waals surface area contributed by atoms with Crippen LogP contribution in [0.2, 0.25) is 0 Å². The summed E-state index contributed by atoms with van der Waals surface area (Å²) >= 11 is 0. The highest BCUT2D eigenvalue weighted by Crippen LogP contribution is 2.20. The molecule has 1 unspecified atom stereocenters. The zero-order chi connectivity index (χ0) is 16.0. The Morgan fingerprint density at radius 2 is 2.00 bits per heavy atom. The molecule has 0 aromatic heterocycles. The molecule has 1 atom stereocenters. The summed E-state index contributed by atoms with van der Waals surface area (Å²) in [5.41, 5.74) is 0.449. The van der Waals surface area contributed by atoms with Crippen LogP contribution in [-0.4, -0.2) is 30.1 Å². The predicted octanol–water partition coefficient (Wildman–Crippen LogP) is 2.24. The highest BCUT2D eigenvalue weighted by atomic mass is 16.5. The lowest BCUT2D eigenvalue weighted by Gasteiger charge is -2.27. The highest BCUT2D eigenvalue weighted by molar-refractivity contribution is 5.84. The minimum Gasteiger partial charge on any atom is -0.497 e. The quantitative estimate of drug-likeness (QED) is 0.843. The first-order chi connectivity index (χ1) is 9.74. The standard InChI is InChI=1S/C16H23NO4/c1-16(2,3)14(15(19)20)17-13(18)9-8-11-6-5-7-12(10-11)21-4/h5-7,10,14H,8-9H2,1-4H3,(H,17,18)(H,19,20). The summed E-state index contributed by atoms with van der Waals surface area (Å²) in [7, 11) is 1.59. The van der Waals surface area contributed by atoms with Gasteiger partial charge in [0.05, 0.1) is 7.11 Å². The van der Waals surface area contributed by atoms with Gasteiger partial charge in [-0.25, -0.2) is 4.79 Å². The van der Waals surface area contributed by atoms with Crippen LogP contribution < -0.4 is 10.1 Å². The lowest BCUT2D eigenvalue weighted by Crippen LogP contribution is -2.49. The number of hydrogen-bond donors (Lipinski definition) is 2. The summed E-state index contributed by atoms with van der Waals surface area (Å²) in [6.07, 6.45) is 0.784. The van der Waals surface area contributed by atoms with Crippen LogP contribution in [0.5, 0.6) is 5.75 Å². The van der Waals surface area contributed by atoms with Crippen molar-refractivity contribution < 1.29 is 19.4 Å². The van der Waals surface area contributed by atoms with E-state index in [0.29, 0.717) is 6.42 Å². The van der Waals surface area contributed by atoms with Gasteiger partial charge in [0.1, 0.15) is 11.8 Å². The van der Waals surface area contributed by atoms with Gasteiger partial charge in [0.15, 0.2) is 0 Å². The number of rotatable bonds is 6. The topological polar surface area (TPSA) is 75.6 Å². The minimum absolute atomic E-state index is 0.243. The number of carboxylic acids is 1. The number of carbonyl (C=O) groups excluding carboxylic acids is 1. The second-order valence-corrected chi connectivity index (χ2v) is 6.06. The number of benzene rings is 1. The molecule has 0 fully saturated rings. The number of carbonyl (C=O) groups is 2. The molecule has 116 valence electrons. The maximum absolute atomic E-state index is 11.9. The van der Waals surface area contributed by atoms with Crippen molar-refractivity contribution >= 4 is 11.9 Å². The lowest BCUT2D eigenvalue weighted by molar-refractivity contribution is -0.144. The monoisotopic (exact) mass is 293 g/mol. The molecule has 1 rings (SSSR count). The number of aryl methyl sites for hydroxylation is 1. The molecule has 1 aromatic carbocycles. The Bertz CT molecular complexity index is 505. The Morgan fingerprint density at radius 1 is 1.33 bits per heavy atom. The fraction of sp³-hybridized carbons (Fsp3) is 0.500. The van der Waals surface area contributed by atoms with Gasteiger partial charge in [-0.15, -0.1) is 0 Å². The van der Waals surface area contributed by atoms with Crippen molar-refractivity contribution in [3.05, 3.63) is 29.8 Å². The second kappa shape index (κ2) is 7.11. The molecule has 2 N–H and O–H groups in total. The van der Waals surface area contributed by atoms with Crippen molar-refractivity contribution in [1.82, 2.24) is 5.32 Å². The normalized spacial score (nSPS) is 12.6. The molecular weight excluding hydrogens is 270 g/mol. The minimum atomic E-state index is -1.02. The number of ether oxygens (including phenoxy) is 1. The third-order valence-electron chi connectivity index (χ3n) is 3.19. The van der Waals surface area contributed by atoms with Gasteiger partial charge in [-0.3, -0.25) is 4.79 Å². The van der Waals surface area contributed by atoms with E-state index in [1.165, 1.54) is 0 Å². The molecule has 0 radical (unpaired) electrons. The van der Waals surface area contributed by atoms with Crippen molar-refractivity contribution in [2.45, 2.75) is 39.7 Å². The molecule has 0 heterocycles. The van der Waals surface area contributed by atoms with E-state index in [4.69, 9.17) is 4.74 Å². The Morgan fingerprint density at radius 3 is 2.52 bits per heavy atom. The van der Waals surface area contributed by atoms with Gasteiger partial charge >= 0.3 is 5.97 Å². The molecular formula is C16H23NO4. The first kappa shape index (κ1) is 17.0. The van der Waals surface area contributed by atoms with Crippen LogP contribution in [0.3, 0.4) is 0 Å². The van der Waals surface area contributed by atoms with Crippen LogP contribution >= 0.6 is 0 Å². The van der Waals surface area contributed by atoms with Crippen LogP contribution in [0.1, 0.15) is 32.8 Å². The second-order valence-electron chi connectivity index (χ2n) is 6.06. The summed E-state index contributed by atoms with van der Waals surface area (Å²) in [5.74, 6) is -0.539. The number of amides is 1. The van der Waals surface area contributed by atoms with Crippen molar-refractivity contribution in [2.75, 3.05) is 7.11 Å². The Balaban J connectivity index is 2.59. The van der Waals surface area contributed by atoms with E-state index in [1.807, 2.05) is 24.3 Å². The number of aliphatic carboxylic acids is 1. The summed E-state index contributed by atoms with van der Waals surface area (Å²) in [6, 6.07) is 6.58. The third-order valence-corrected chi connectivity index (χ3v) is 3.19. The maximum atomic E-state index is 11.9. The van der Waals surface area contributed by atoms with Crippen molar-refractivity contribution in [2.24, 2.45) is 5.41 Å². The Hall–Kier alpha value is -2.04. The summed E-state index contributed by atoms with van der Waals surface area (Å²) in [4.78, 5) is 23.1. The van der Waals surface area contributed by atoms with Crippen molar-refractivity contribution in [3.63, 3.8) is 0 Å². The van der Waals surface area contributed by atoms with Crippen LogP contribution in [-0.2, 0) is 16.0 Å². The van der Waals surface area contributed by atoms with Gasteiger partial charge in [0, 0.05) is 6.42 Å². The number of carboxylic acid groups (broad SMARTS) is 1. The van der Waals surface area contributed by atoms with E-state index in [1.54, 1.807) is 27.9 Å². The van der Waals surface area contributed by atoms with Crippen LogP contribution in [0, 0.1) is 5.41 Å². The Labute approximate surface area is 125 Å². The first-order valence-corrected chi connectivity index (χ1v) is 6.89. The van der Waals surface area contributed by atoms with Crippen molar-refractivity contribution in [3.8, 4) is 5.75 Å². The average molecular weight is 293 g/mol. The van der Waals surface area contributed by atoms with Crippen LogP contribution in [0.25, 0.3) is 0 Å². The van der Waals surface area contributed by atoms with Gasteiger partial charge in [-0.1, -0.05) is 32.9 Å². The molecule has 0 bridgehead atoms. The maximum Gasteiger partial charge on any atom is 0.326 e. The largest absolute Gasteiger partial charge is 0.497 e. The fourth-order valence-electron chi connectivity index (χ4n) is 1.97. The molecule has 0 saturated heterocycles. The van der Waals surface area contributed by atoms with E-state index in [2.05, 4.69) is 5.32 Å². The molecule has 1 amide bonds. The zero-order valence-electron chi connectivity index (χ0n) is 13.0. The molecule has 0 aliphatic rings. The van der Waals surface area contributed by atoms with Crippen molar-refractivity contribution in [1.29, 1.82) is 0 Å². The van der Waals surface area contributed by atoms with Crippen LogP contribution in [0.4, 0.5) is 0 Å². The van der Waals surface area contributed by atoms with Crippen LogP contribution in [0.15, 0.2) is 24.3 Å². The molecule has 0 aliphatic heterocycles. The smallest absolute Gasteiger partial charge is 0.326 e. The van der Waals surface area contributed by atoms with E-state index >= 15 is 0 Å². The summed E-state index contributed by atoms with van der Waals surface area (Å²) in [5, 5.41) is 11.8. The molecule has 1 aromatic rings. The number of nitrogens with one attached hydrogen (secondary N) is 1. The van der Waals surface area contributed by atoms with E-state index in [9.17, 15) is 14.7 Å². The van der Waals surface area contributed by atoms with E-state index < -0.39 is 17.4 Å². The summed E-state index contributed by atoms with van der Waals surface area (Å²) in [6.45, 7) is 5.36. The predicted molar refractivity (Wildman–Crippen MR) is 80.3 cm³/mol. The molecule has 5 heteroatoms. The average Bonchev–Trinajstić information content (AvgIpc) is 2.41. The highest BCUT2D eigenvalue weighted by Gasteiger charge is 2.32. The van der Waals surface area contributed by atoms with Gasteiger partial charge in [0.2, 0.25) is 5.91 Å². The van der Waals surface area contributed by atoms with E-state index in [0.717, 1.165) is 11.3 Å². The van der Waals surface area contributed by atoms with Gasteiger partial charge in [-0.05, 0) is 29.5 Å². The number of hydrogen-bond acceptors (Lipinski definition) is 3. The van der Waals surface area contributed by atoms with Gasteiger partial charge in [0.25, 0.3) is 0 Å². The first-order valence-electron chi connectivity index (χ1n) is 6.89. The fourth-order valence-corrected chi connectivity index (χ4v) is 1.97. The molecule has 0 spiro atoms.